The predicted molar refractivity (Wildman–Crippen MR) is 145 cm³/mol. The second kappa shape index (κ2) is 11.3. The molecule has 1 heterocycles. The Morgan fingerprint density at radius 2 is 1.55 bits per heavy atom. The van der Waals surface area contributed by atoms with Crippen molar-refractivity contribution in [2.24, 2.45) is 10.2 Å². The molecule has 0 unspecified atom stereocenters. The lowest BCUT2D eigenvalue weighted by molar-refractivity contribution is 0.378. The quantitative estimate of drug-likeness (QED) is 0.0521. The van der Waals surface area contributed by atoms with E-state index in [1.807, 2.05) is 0 Å². The number of azo groups is 1. The summed E-state index contributed by atoms with van der Waals surface area (Å²) in [4.78, 5) is 4.71. The molecule has 0 aliphatic rings. The summed E-state index contributed by atoms with van der Waals surface area (Å²) in [6.45, 7) is 0. The minimum Gasteiger partial charge on any atom is -0.507 e. The maximum absolute atomic E-state index is 13.5. The van der Waals surface area contributed by atoms with E-state index in [9.17, 15) is 53.5 Å². The molecule has 0 saturated heterocycles. The summed E-state index contributed by atoms with van der Waals surface area (Å²) in [5.41, 5.74) is -1.08. The highest BCUT2D eigenvalue weighted by Gasteiger charge is 2.21. The van der Waals surface area contributed by atoms with Gasteiger partial charge in [-0.15, -0.1) is 10.2 Å². The molecule has 0 amide bonds. The molecule has 0 fully saturated rings. The van der Waals surface area contributed by atoms with Crippen LogP contribution in [0.15, 0.2) is 68.6 Å². The summed E-state index contributed by atoms with van der Waals surface area (Å²) in [6.07, 6.45) is -1.40. The third-order valence-corrected chi connectivity index (χ3v) is 7.50. The zero-order valence-electron chi connectivity index (χ0n) is 20.4. The molecule has 0 aliphatic heterocycles. The van der Waals surface area contributed by atoms with Gasteiger partial charge in [0, 0.05) is 17.8 Å². The SMILES string of the molecule is O=S(=O)(O)c1cc(O)c2c(N=Nc3cc(Nc4cc(F)nc(F)n4)ccc3S(=O)(=O)O)c(NCS(O)(O)O)ccc2c1. The first-order valence-electron chi connectivity index (χ1n) is 10.9. The van der Waals surface area contributed by atoms with Gasteiger partial charge >= 0.3 is 6.08 Å². The molecule has 3 aromatic carbocycles. The van der Waals surface area contributed by atoms with Gasteiger partial charge < -0.3 is 29.4 Å². The van der Waals surface area contributed by atoms with Gasteiger partial charge in [-0.25, -0.2) is 0 Å². The molecule has 0 spiro atoms. The fraction of sp³-hybridized carbons (Fsp3) is 0.0476. The number of aromatic hydroxyl groups is 1. The molecule has 224 valence electrons. The molecule has 0 atom stereocenters. The summed E-state index contributed by atoms with van der Waals surface area (Å²) in [5, 5.41) is 23.0. The Labute approximate surface area is 236 Å². The molecular formula is C21H18F2N6O10S3. The van der Waals surface area contributed by atoms with E-state index < -0.39 is 70.2 Å². The Balaban J connectivity index is 1.89. The molecule has 1 aromatic heterocycles. The second-order valence-corrected chi connectivity index (χ2v) is 12.6. The lowest BCUT2D eigenvalue weighted by Crippen LogP contribution is -2.10. The van der Waals surface area contributed by atoms with Gasteiger partial charge in [-0.3, -0.25) is 9.11 Å². The zero-order valence-corrected chi connectivity index (χ0v) is 22.9. The number of phenolic OH excluding ortho intramolecular Hbond substituents is 1. The van der Waals surface area contributed by atoms with Crippen molar-refractivity contribution in [1.82, 2.24) is 9.97 Å². The Morgan fingerprint density at radius 1 is 0.833 bits per heavy atom. The number of hydrogen-bond donors (Lipinski definition) is 8. The molecule has 21 heteroatoms. The lowest BCUT2D eigenvalue weighted by atomic mass is 10.1. The van der Waals surface area contributed by atoms with Crippen molar-refractivity contribution in [1.29, 1.82) is 0 Å². The van der Waals surface area contributed by atoms with Crippen molar-refractivity contribution in [3.63, 3.8) is 0 Å². The van der Waals surface area contributed by atoms with Crippen LogP contribution >= 0.6 is 10.9 Å². The van der Waals surface area contributed by atoms with E-state index >= 15 is 0 Å². The Bertz CT molecular complexity index is 1930. The largest absolute Gasteiger partial charge is 0.507 e. The number of fused-ring (bicyclic) bond motifs is 1. The number of anilines is 3. The van der Waals surface area contributed by atoms with Crippen LogP contribution in [0.25, 0.3) is 10.8 Å². The van der Waals surface area contributed by atoms with Crippen LogP contribution in [0.4, 0.5) is 37.3 Å². The molecule has 0 bridgehead atoms. The standard InChI is InChI=1S/C21H18F2N6O10S3/c22-17-8-18(27-21(23)26-17)25-11-2-4-16(42(37,38)39)14(6-11)28-29-20-13(24-9-40(31,32)33)3-1-10-5-12(41(34,35)36)7-15(30)19(10)20/h1-8,24,30-33H,9H2,(H,25,26,27)(H,34,35,36)(H,37,38,39). The van der Waals surface area contributed by atoms with E-state index in [2.05, 4.69) is 30.8 Å². The van der Waals surface area contributed by atoms with Gasteiger partial charge in [0.05, 0.1) is 16.0 Å². The van der Waals surface area contributed by atoms with Crippen molar-refractivity contribution in [2.75, 3.05) is 16.5 Å². The minimum absolute atomic E-state index is 0.0315. The van der Waals surface area contributed by atoms with Crippen molar-refractivity contribution in [3.05, 3.63) is 60.6 Å². The van der Waals surface area contributed by atoms with E-state index in [1.165, 1.54) is 12.1 Å². The van der Waals surface area contributed by atoms with Gasteiger partial charge in [-0.05, 0) is 35.7 Å². The number of hydrogen-bond acceptors (Lipinski definition) is 14. The average molecular weight is 649 g/mol. The Kier molecular flexibility index (Phi) is 8.30. The van der Waals surface area contributed by atoms with Crippen molar-refractivity contribution in [3.8, 4) is 5.75 Å². The van der Waals surface area contributed by atoms with Gasteiger partial charge in [0.2, 0.25) is 5.95 Å². The van der Waals surface area contributed by atoms with Crippen molar-refractivity contribution in [2.45, 2.75) is 9.79 Å². The van der Waals surface area contributed by atoms with Crippen LogP contribution < -0.4 is 10.6 Å². The van der Waals surface area contributed by atoms with Gasteiger partial charge in [-0.1, -0.05) is 6.07 Å². The highest BCUT2D eigenvalue weighted by Crippen LogP contribution is 2.43. The van der Waals surface area contributed by atoms with Crippen LogP contribution in [-0.2, 0) is 20.2 Å². The monoisotopic (exact) mass is 648 g/mol. The molecular weight excluding hydrogens is 630 g/mol. The average Bonchev–Trinajstić information content (AvgIpc) is 2.84. The van der Waals surface area contributed by atoms with Crippen LogP contribution in [0.3, 0.4) is 0 Å². The van der Waals surface area contributed by atoms with Crippen LogP contribution in [0.5, 0.6) is 5.75 Å². The topological polar surface area (TPSA) is 264 Å². The molecule has 16 nitrogen and oxygen atoms in total. The number of halogens is 2. The van der Waals surface area contributed by atoms with E-state index in [0.717, 1.165) is 30.3 Å². The number of benzene rings is 3. The first kappa shape index (κ1) is 30.9. The van der Waals surface area contributed by atoms with Gasteiger partial charge in [0.15, 0.2) is 0 Å². The third kappa shape index (κ3) is 7.40. The number of nitrogens with zero attached hydrogens (tertiary/aromatic N) is 4. The Morgan fingerprint density at radius 3 is 2.17 bits per heavy atom. The highest BCUT2D eigenvalue weighted by molar-refractivity contribution is 8.19. The minimum atomic E-state index is -4.94. The maximum Gasteiger partial charge on any atom is 0.313 e. The first-order valence-corrected chi connectivity index (χ1v) is 15.5. The molecule has 4 rings (SSSR count). The van der Waals surface area contributed by atoms with Crippen molar-refractivity contribution >= 4 is 70.4 Å². The summed E-state index contributed by atoms with van der Waals surface area (Å²) >= 11 is 0. The fourth-order valence-corrected chi connectivity index (χ4v) is 5.05. The number of phenols is 1. The highest BCUT2D eigenvalue weighted by atomic mass is 32.3. The maximum atomic E-state index is 13.5. The molecule has 0 aliphatic carbocycles. The molecule has 8 N–H and O–H groups in total. The summed E-state index contributed by atoms with van der Waals surface area (Å²) in [5.74, 6) is -3.18. The Hall–Kier alpha value is -4.09. The van der Waals surface area contributed by atoms with Crippen molar-refractivity contribution < 1.29 is 53.5 Å². The summed E-state index contributed by atoms with van der Waals surface area (Å²) < 4.78 is 121. The number of rotatable bonds is 9. The summed E-state index contributed by atoms with van der Waals surface area (Å²) in [7, 11) is -13.8. The van der Waals surface area contributed by atoms with Crippen LogP contribution in [0, 0.1) is 12.0 Å². The smallest absolute Gasteiger partial charge is 0.313 e. The normalized spacial score (nSPS) is 13.0. The van der Waals surface area contributed by atoms with Crippen LogP contribution in [0.2, 0.25) is 0 Å². The van der Waals surface area contributed by atoms with Crippen LogP contribution in [0.1, 0.15) is 0 Å². The van der Waals surface area contributed by atoms with E-state index in [1.54, 1.807) is 0 Å². The van der Waals surface area contributed by atoms with E-state index in [4.69, 9.17) is 0 Å². The van der Waals surface area contributed by atoms with Crippen LogP contribution in [-0.4, -0.2) is 60.6 Å². The third-order valence-electron chi connectivity index (χ3n) is 5.23. The van der Waals surface area contributed by atoms with Gasteiger partial charge in [0.1, 0.15) is 44.6 Å². The molecule has 0 saturated carbocycles. The molecule has 0 radical (unpaired) electrons. The van der Waals surface area contributed by atoms with Gasteiger partial charge in [-0.2, -0.15) is 35.6 Å². The zero-order chi connectivity index (χ0) is 31.0. The summed E-state index contributed by atoms with van der Waals surface area (Å²) in [6, 6.07) is 7.76. The van der Waals surface area contributed by atoms with E-state index in [-0.39, 0.29) is 33.7 Å². The lowest BCUT2D eigenvalue weighted by Gasteiger charge is -2.21. The predicted octanol–water partition coefficient (Wildman–Crippen LogP) is 4.86. The van der Waals surface area contributed by atoms with Gasteiger partial charge in [0.25, 0.3) is 20.2 Å². The second-order valence-electron chi connectivity index (χ2n) is 8.26. The van der Waals surface area contributed by atoms with E-state index in [0.29, 0.717) is 6.07 Å². The fourth-order valence-electron chi connectivity index (χ4n) is 3.57. The first-order chi connectivity index (χ1) is 19.4. The molecule has 4 aromatic rings. The molecule has 42 heavy (non-hydrogen) atoms. The number of aromatic nitrogens is 2. The number of nitrogens with one attached hydrogen (secondary N) is 2.